The molecule has 0 aliphatic rings. The molecule has 0 fully saturated rings. The van der Waals surface area contributed by atoms with Crippen LogP contribution in [0.4, 0.5) is 11.5 Å². The first-order valence-electron chi connectivity index (χ1n) is 5.72. The topological polar surface area (TPSA) is 54.2 Å². The number of nitrogen functional groups attached to an aromatic ring is 1. The largest absolute Gasteiger partial charge is 0.396 e. The van der Waals surface area contributed by atoms with Crippen LogP contribution in [0.3, 0.4) is 0 Å². The normalized spacial score (nSPS) is 13.1. The lowest BCUT2D eigenvalue weighted by atomic mass is 10.0. The van der Waals surface area contributed by atoms with Crippen LogP contribution in [-0.4, -0.2) is 36.6 Å². The summed E-state index contributed by atoms with van der Waals surface area (Å²) in [5.41, 5.74) is 6.46. The lowest BCUT2D eigenvalue weighted by molar-refractivity contribution is 0.344. The molecule has 0 saturated carbocycles. The SMILES string of the molecule is CC(C)C(CN(C)C)Nc1ncc(Cl)cc1N. The van der Waals surface area contributed by atoms with Crippen LogP contribution in [0.15, 0.2) is 12.3 Å². The molecule has 0 saturated heterocycles. The van der Waals surface area contributed by atoms with Gasteiger partial charge in [0.1, 0.15) is 5.82 Å². The maximum atomic E-state index is 5.88. The Bertz CT molecular complexity index is 366. The molecule has 1 aromatic rings. The highest BCUT2D eigenvalue weighted by molar-refractivity contribution is 6.30. The van der Waals surface area contributed by atoms with Gasteiger partial charge in [0.15, 0.2) is 0 Å². The van der Waals surface area contributed by atoms with Gasteiger partial charge in [0.2, 0.25) is 0 Å². The number of aromatic nitrogens is 1. The second-order valence-electron chi connectivity index (χ2n) is 4.85. The molecular weight excluding hydrogens is 236 g/mol. The lowest BCUT2D eigenvalue weighted by Gasteiger charge is -2.26. The van der Waals surface area contributed by atoms with Gasteiger partial charge in [0.25, 0.3) is 0 Å². The first-order chi connectivity index (χ1) is 7.90. The van der Waals surface area contributed by atoms with Crippen molar-refractivity contribution in [1.82, 2.24) is 9.88 Å². The zero-order valence-electron chi connectivity index (χ0n) is 10.9. The number of nitrogens with zero attached hydrogens (tertiary/aromatic N) is 2. The van der Waals surface area contributed by atoms with Crippen molar-refractivity contribution in [1.29, 1.82) is 0 Å². The predicted octanol–water partition coefficient (Wildman–Crippen LogP) is 2.32. The Balaban J connectivity index is 2.78. The minimum absolute atomic E-state index is 0.306. The zero-order valence-corrected chi connectivity index (χ0v) is 11.6. The molecule has 0 radical (unpaired) electrons. The Morgan fingerprint density at radius 3 is 2.59 bits per heavy atom. The third kappa shape index (κ3) is 4.40. The first-order valence-corrected chi connectivity index (χ1v) is 6.10. The number of hydrogen-bond donors (Lipinski definition) is 2. The molecule has 1 unspecified atom stereocenters. The van der Waals surface area contributed by atoms with Crippen LogP contribution in [0.5, 0.6) is 0 Å². The molecule has 0 aliphatic heterocycles. The molecule has 0 aromatic carbocycles. The number of pyridine rings is 1. The molecule has 5 heteroatoms. The van der Waals surface area contributed by atoms with E-state index in [0.717, 1.165) is 6.54 Å². The summed E-state index contributed by atoms with van der Waals surface area (Å²) in [7, 11) is 4.10. The van der Waals surface area contributed by atoms with Crippen molar-refractivity contribution < 1.29 is 0 Å². The van der Waals surface area contributed by atoms with Crippen molar-refractivity contribution in [3.63, 3.8) is 0 Å². The summed E-state index contributed by atoms with van der Waals surface area (Å²) in [6, 6.07) is 2.02. The quantitative estimate of drug-likeness (QED) is 0.849. The standard InChI is InChI=1S/C12H21ClN4/c1-8(2)11(7-17(3)4)16-12-10(14)5-9(13)6-15-12/h5-6,8,11H,7,14H2,1-4H3,(H,15,16). The number of halogens is 1. The van der Waals surface area contributed by atoms with E-state index in [1.165, 1.54) is 0 Å². The molecule has 1 heterocycles. The van der Waals surface area contributed by atoms with Gasteiger partial charge in [-0.15, -0.1) is 0 Å². The van der Waals surface area contributed by atoms with Gasteiger partial charge in [-0.05, 0) is 26.1 Å². The Morgan fingerprint density at radius 2 is 2.12 bits per heavy atom. The van der Waals surface area contributed by atoms with Crippen LogP contribution in [0.1, 0.15) is 13.8 Å². The summed E-state index contributed by atoms with van der Waals surface area (Å²) in [5.74, 6) is 1.20. The fourth-order valence-corrected chi connectivity index (χ4v) is 1.73. The van der Waals surface area contributed by atoms with Crippen molar-refractivity contribution >= 4 is 23.1 Å². The van der Waals surface area contributed by atoms with Crippen LogP contribution in [0.25, 0.3) is 0 Å². The summed E-state index contributed by atoms with van der Waals surface area (Å²) < 4.78 is 0. The van der Waals surface area contributed by atoms with E-state index in [9.17, 15) is 0 Å². The minimum Gasteiger partial charge on any atom is -0.396 e. The third-order valence-electron chi connectivity index (χ3n) is 2.57. The Morgan fingerprint density at radius 1 is 1.47 bits per heavy atom. The number of anilines is 2. The number of nitrogens with two attached hydrogens (primary N) is 1. The highest BCUT2D eigenvalue weighted by Gasteiger charge is 2.15. The second-order valence-corrected chi connectivity index (χ2v) is 5.28. The molecule has 96 valence electrons. The van der Waals surface area contributed by atoms with Gasteiger partial charge in [0.05, 0.1) is 10.7 Å². The van der Waals surface area contributed by atoms with E-state index in [0.29, 0.717) is 28.5 Å². The average Bonchev–Trinajstić information content (AvgIpc) is 2.19. The van der Waals surface area contributed by atoms with E-state index in [4.69, 9.17) is 17.3 Å². The van der Waals surface area contributed by atoms with Gasteiger partial charge in [-0.25, -0.2) is 4.98 Å². The Kier molecular flexibility index (Phi) is 5.02. The van der Waals surface area contributed by atoms with Gasteiger partial charge >= 0.3 is 0 Å². The van der Waals surface area contributed by atoms with Crippen LogP contribution < -0.4 is 11.1 Å². The molecule has 0 aliphatic carbocycles. The number of rotatable bonds is 5. The highest BCUT2D eigenvalue weighted by Crippen LogP contribution is 2.21. The maximum absolute atomic E-state index is 5.88. The molecule has 0 spiro atoms. The first kappa shape index (κ1) is 14.1. The van der Waals surface area contributed by atoms with Gasteiger partial charge in [-0.1, -0.05) is 25.4 Å². The van der Waals surface area contributed by atoms with E-state index < -0.39 is 0 Å². The maximum Gasteiger partial charge on any atom is 0.149 e. The molecule has 1 rings (SSSR count). The highest BCUT2D eigenvalue weighted by atomic mass is 35.5. The van der Waals surface area contributed by atoms with Crippen molar-refractivity contribution in [3.8, 4) is 0 Å². The minimum atomic E-state index is 0.306. The monoisotopic (exact) mass is 256 g/mol. The van der Waals surface area contributed by atoms with E-state index in [1.807, 2.05) is 0 Å². The van der Waals surface area contributed by atoms with E-state index >= 15 is 0 Å². The van der Waals surface area contributed by atoms with Crippen molar-refractivity contribution in [3.05, 3.63) is 17.3 Å². The van der Waals surface area contributed by atoms with E-state index in [2.05, 4.69) is 43.1 Å². The van der Waals surface area contributed by atoms with Gasteiger partial charge in [0, 0.05) is 18.8 Å². The fraction of sp³-hybridized carbons (Fsp3) is 0.583. The Hall–Kier alpha value is -1.00. The smallest absolute Gasteiger partial charge is 0.149 e. The second kappa shape index (κ2) is 6.07. The van der Waals surface area contributed by atoms with Gasteiger partial charge in [-0.2, -0.15) is 0 Å². The fourth-order valence-electron chi connectivity index (χ4n) is 1.57. The summed E-state index contributed by atoms with van der Waals surface area (Å²) in [6.07, 6.45) is 1.60. The summed E-state index contributed by atoms with van der Waals surface area (Å²) >= 11 is 5.82. The Labute approximate surface area is 108 Å². The van der Waals surface area contributed by atoms with Crippen LogP contribution >= 0.6 is 11.6 Å². The molecular formula is C12H21ClN4. The predicted molar refractivity (Wildman–Crippen MR) is 74.5 cm³/mol. The molecule has 4 nitrogen and oxygen atoms in total. The average molecular weight is 257 g/mol. The van der Waals surface area contributed by atoms with Crippen LogP contribution in [0.2, 0.25) is 5.02 Å². The van der Waals surface area contributed by atoms with Crippen LogP contribution in [-0.2, 0) is 0 Å². The van der Waals surface area contributed by atoms with Crippen molar-refractivity contribution in [2.45, 2.75) is 19.9 Å². The lowest BCUT2D eigenvalue weighted by Crippen LogP contribution is -2.36. The van der Waals surface area contributed by atoms with Gasteiger partial charge in [-0.3, -0.25) is 0 Å². The van der Waals surface area contributed by atoms with Crippen molar-refractivity contribution in [2.75, 3.05) is 31.7 Å². The molecule has 17 heavy (non-hydrogen) atoms. The third-order valence-corrected chi connectivity index (χ3v) is 2.78. The van der Waals surface area contributed by atoms with E-state index in [-0.39, 0.29) is 0 Å². The molecule has 0 bridgehead atoms. The van der Waals surface area contributed by atoms with E-state index in [1.54, 1.807) is 12.3 Å². The summed E-state index contributed by atoms with van der Waals surface area (Å²) in [5, 5.41) is 3.93. The number of likely N-dealkylation sites (N-methyl/N-ethyl adjacent to an activating group) is 1. The zero-order chi connectivity index (χ0) is 13.0. The number of hydrogen-bond acceptors (Lipinski definition) is 4. The van der Waals surface area contributed by atoms with Crippen LogP contribution in [0, 0.1) is 5.92 Å². The molecule has 3 N–H and O–H groups in total. The number of nitrogens with one attached hydrogen (secondary N) is 1. The molecule has 1 atom stereocenters. The summed E-state index contributed by atoms with van der Waals surface area (Å²) in [6.45, 7) is 5.28. The summed E-state index contributed by atoms with van der Waals surface area (Å²) in [4.78, 5) is 6.36. The molecule has 1 aromatic heterocycles. The molecule has 0 amide bonds. The van der Waals surface area contributed by atoms with Gasteiger partial charge < -0.3 is 16.0 Å². The van der Waals surface area contributed by atoms with Crippen molar-refractivity contribution in [2.24, 2.45) is 5.92 Å².